The summed E-state index contributed by atoms with van der Waals surface area (Å²) in [7, 11) is 0. The number of rotatable bonds is 2. The Morgan fingerprint density at radius 1 is 1.15 bits per heavy atom. The molecule has 2 bridgehead atoms. The van der Waals surface area contributed by atoms with Crippen molar-refractivity contribution in [1.82, 2.24) is 19.9 Å². The predicted octanol–water partition coefficient (Wildman–Crippen LogP) is 2.35. The summed E-state index contributed by atoms with van der Waals surface area (Å²) in [6, 6.07) is 4.90. The van der Waals surface area contributed by atoms with Crippen LogP contribution in [-0.4, -0.2) is 37.9 Å². The molecule has 2 saturated heterocycles. The highest BCUT2D eigenvalue weighted by molar-refractivity contribution is 7.12. The van der Waals surface area contributed by atoms with Crippen molar-refractivity contribution < 1.29 is 4.79 Å². The Morgan fingerprint density at radius 3 is 2.45 bits per heavy atom. The molecule has 2 unspecified atom stereocenters. The maximum atomic E-state index is 12.6. The number of amides is 1. The van der Waals surface area contributed by atoms with Crippen molar-refractivity contribution in [2.24, 2.45) is 0 Å². The van der Waals surface area contributed by atoms with Gasteiger partial charge in [0.2, 0.25) is 0 Å². The fourth-order valence-corrected chi connectivity index (χ4v) is 4.28. The highest BCUT2D eigenvalue weighted by atomic mass is 32.1. The molecule has 104 valence electrons. The number of piperidine rings is 1. The fraction of sp³-hybridized carbons (Fsp3) is 0.500. The number of fused-ring (bicyclic) bond motifs is 2. The van der Waals surface area contributed by atoms with Crippen LogP contribution >= 0.6 is 11.3 Å². The summed E-state index contributed by atoms with van der Waals surface area (Å²) in [6.45, 7) is 0. The molecule has 1 amide bonds. The third-order valence-electron chi connectivity index (χ3n) is 4.44. The summed E-state index contributed by atoms with van der Waals surface area (Å²) < 4.78 is 0. The Morgan fingerprint density at radius 2 is 1.85 bits per heavy atom. The first kappa shape index (κ1) is 12.1. The van der Waals surface area contributed by atoms with Gasteiger partial charge < -0.3 is 4.90 Å². The summed E-state index contributed by atoms with van der Waals surface area (Å²) in [6.07, 6.45) is 7.62. The first-order valence-electron chi connectivity index (χ1n) is 7.05. The van der Waals surface area contributed by atoms with Crippen molar-refractivity contribution in [3.8, 4) is 0 Å². The normalized spacial score (nSPS) is 28.8. The molecule has 2 atom stereocenters. The Kier molecular flexibility index (Phi) is 2.84. The maximum Gasteiger partial charge on any atom is 0.264 e. The van der Waals surface area contributed by atoms with E-state index in [-0.39, 0.29) is 5.91 Å². The average Bonchev–Trinajstić information content (AvgIpc) is 3.18. The van der Waals surface area contributed by atoms with Gasteiger partial charge in [-0.1, -0.05) is 6.07 Å². The Labute approximate surface area is 121 Å². The lowest BCUT2D eigenvalue weighted by Gasteiger charge is -2.38. The zero-order chi connectivity index (χ0) is 13.5. The lowest BCUT2D eigenvalue weighted by atomic mass is 9.97. The van der Waals surface area contributed by atoms with E-state index in [1.807, 2.05) is 22.3 Å². The second-order valence-electron chi connectivity index (χ2n) is 5.55. The molecule has 4 rings (SSSR count). The summed E-state index contributed by atoms with van der Waals surface area (Å²) >= 11 is 1.53. The Bertz CT molecular complexity index is 581. The number of carbonyl (C=O) groups is 1. The standard InChI is InChI=1S/C14H16N4OS/c19-14(13-2-1-7-20-13)17-10-3-4-11(17)9-12(8-10)18-15-5-6-16-18/h1-2,5-7,10-12H,3-4,8-9H2. The highest BCUT2D eigenvalue weighted by Crippen LogP contribution is 2.41. The van der Waals surface area contributed by atoms with E-state index in [2.05, 4.69) is 15.1 Å². The van der Waals surface area contributed by atoms with Crippen LogP contribution < -0.4 is 0 Å². The second-order valence-corrected chi connectivity index (χ2v) is 6.50. The molecule has 4 heterocycles. The van der Waals surface area contributed by atoms with Crippen molar-refractivity contribution in [1.29, 1.82) is 0 Å². The van der Waals surface area contributed by atoms with Crippen LogP contribution in [0.4, 0.5) is 0 Å². The van der Waals surface area contributed by atoms with Gasteiger partial charge in [-0.05, 0) is 37.1 Å². The maximum absolute atomic E-state index is 12.6. The van der Waals surface area contributed by atoms with Gasteiger partial charge in [0.05, 0.1) is 23.3 Å². The molecular weight excluding hydrogens is 272 g/mol. The molecule has 2 aliphatic heterocycles. The average molecular weight is 288 g/mol. The Hall–Kier alpha value is -1.69. The van der Waals surface area contributed by atoms with Gasteiger partial charge in [-0.25, -0.2) is 0 Å². The van der Waals surface area contributed by atoms with E-state index in [4.69, 9.17) is 0 Å². The minimum absolute atomic E-state index is 0.208. The van der Waals surface area contributed by atoms with Crippen LogP contribution in [0.15, 0.2) is 29.9 Å². The second kappa shape index (κ2) is 4.70. The van der Waals surface area contributed by atoms with E-state index < -0.39 is 0 Å². The zero-order valence-electron chi connectivity index (χ0n) is 11.1. The van der Waals surface area contributed by atoms with Gasteiger partial charge in [-0.2, -0.15) is 15.0 Å². The molecule has 20 heavy (non-hydrogen) atoms. The molecule has 0 N–H and O–H groups in total. The van der Waals surface area contributed by atoms with Crippen LogP contribution in [0.25, 0.3) is 0 Å². The third-order valence-corrected chi connectivity index (χ3v) is 5.30. The first-order valence-corrected chi connectivity index (χ1v) is 7.93. The molecule has 0 spiro atoms. The lowest BCUT2D eigenvalue weighted by Crippen LogP contribution is -2.47. The summed E-state index contributed by atoms with van der Waals surface area (Å²) in [4.78, 5) is 17.4. The van der Waals surface area contributed by atoms with E-state index in [1.54, 1.807) is 12.4 Å². The number of thiophene rings is 1. The van der Waals surface area contributed by atoms with Crippen LogP contribution in [0.3, 0.4) is 0 Å². The molecular formula is C14H16N4OS. The molecule has 2 aromatic rings. The van der Waals surface area contributed by atoms with Crippen LogP contribution in [0.2, 0.25) is 0 Å². The lowest BCUT2D eigenvalue weighted by molar-refractivity contribution is 0.0517. The van der Waals surface area contributed by atoms with Gasteiger partial charge in [-0.3, -0.25) is 4.79 Å². The van der Waals surface area contributed by atoms with Crippen molar-refractivity contribution >= 4 is 17.2 Å². The van der Waals surface area contributed by atoms with Gasteiger partial charge in [-0.15, -0.1) is 11.3 Å². The molecule has 0 aromatic carbocycles. The molecule has 2 aromatic heterocycles. The minimum atomic E-state index is 0.208. The monoisotopic (exact) mass is 288 g/mol. The van der Waals surface area contributed by atoms with E-state index in [0.717, 1.165) is 30.6 Å². The molecule has 5 nitrogen and oxygen atoms in total. The largest absolute Gasteiger partial charge is 0.332 e. The van der Waals surface area contributed by atoms with Crippen molar-refractivity contribution in [2.75, 3.05) is 0 Å². The summed E-state index contributed by atoms with van der Waals surface area (Å²) in [5.74, 6) is 0.208. The van der Waals surface area contributed by atoms with E-state index in [1.165, 1.54) is 11.3 Å². The molecule has 2 fully saturated rings. The molecule has 6 heteroatoms. The SMILES string of the molecule is O=C(c1cccs1)N1C2CCC1CC(n1nccn1)C2. The van der Waals surface area contributed by atoms with Crippen molar-refractivity contribution in [3.05, 3.63) is 34.8 Å². The van der Waals surface area contributed by atoms with Gasteiger partial charge in [0.25, 0.3) is 5.91 Å². The van der Waals surface area contributed by atoms with Gasteiger partial charge in [0, 0.05) is 12.1 Å². The molecule has 2 aliphatic rings. The van der Waals surface area contributed by atoms with Gasteiger partial charge in [0.15, 0.2) is 0 Å². The molecule has 0 aliphatic carbocycles. The number of hydrogen-bond donors (Lipinski definition) is 0. The summed E-state index contributed by atoms with van der Waals surface area (Å²) in [5, 5.41) is 10.5. The van der Waals surface area contributed by atoms with Gasteiger partial charge >= 0.3 is 0 Å². The number of nitrogens with zero attached hydrogens (tertiary/aromatic N) is 4. The van der Waals surface area contributed by atoms with Crippen molar-refractivity contribution in [3.63, 3.8) is 0 Å². The minimum Gasteiger partial charge on any atom is -0.332 e. The van der Waals surface area contributed by atoms with E-state index >= 15 is 0 Å². The topological polar surface area (TPSA) is 51.0 Å². The smallest absolute Gasteiger partial charge is 0.264 e. The van der Waals surface area contributed by atoms with Crippen LogP contribution in [-0.2, 0) is 0 Å². The Balaban J connectivity index is 1.56. The zero-order valence-corrected chi connectivity index (χ0v) is 11.9. The van der Waals surface area contributed by atoms with E-state index in [9.17, 15) is 4.79 Å². The van der Waals surface area contributed by atoms with Crippen molar-refractivity contribution in [2.45, 2.75) is 43.8 Å². The van der Waals surface area contributed by atoms with Crippen LogP contribution in [0, 0.1) is 0 Å². The molecule has 0 saturated carbocycles. The van der Waals surface area contributed by atoms with Gasteiger partial charge in [0.1, 0.15) is 0 Å². The number of hydrogen-bond acceptors (Lipinski definition) is 4. The first-order chi connectivity index (χ1) is 9.83. The van der Waals surface area contributed by atoms with Crippen LogP contribution in [0.1, 0.15) is 41.4 Å². The van der Waals surface area contributed by atoms with E-state index in [0.29, 0.717) is 18.1 Å². The number of aromatic nitrogens is 3. The molecule has 0 radical (unpaired) electrons. The predicted molar refractivity (Wildman–Crippen MR) is 75.6 cm³/mol. The third kappa shape index (κ3) is 1.86. The highest BCUT2D eigenvalue weighted by Gasteiger charge is 2.44. The quantitative estimate of drug-likeness (QED) is 0.852. The van der Waals surface area contributed by atoms with Crippen LogP contribution in [0.5, 0.6) is 0 Å². The fourth-order valence-electron chi connectivity index (χ4n) is 3.61. The summed E-state index contributed by atoms with van der Waals surface area (Å²) in [5.41, 5.74) is 0. The number of carbonyl (C=O) groups excluding carboxylic acids is 1.